The van der Waals surface area contributed by atoms with Crippen LogP contribution >= 0.6 is 0 Å². The lowest BCUT2D eigenvalue weighted by molar-refractivity contribution is -0.138. The first-order valence-electron chi connectivity index (χ1n) is 10.7. The molecule has 0 aromatic heterocycles. The lowest BCUT2D eigenvalue weighted by Crippen LogP contribution is -2.44. The van der Waals surface area contributed by atoms with E-state index in [1.165, 1.54) is 24.3 Å². The molecule has 1 aliphatic rings. The fraction of sp³-hybridized carbons (Fsp3) is 0.583. The molecule has 1 fully saturated rings. The van der Waals surface area contributed by atoms with Gasteiger partial charge in [0, 0.05) is 0 Å². The van der Waals surface area contributed by atoms with Crippen LogP contribution < -0.4 is 10.5 Å². The van der Waals surface area contributed by atoms with E-state index in [0.717, 1.165) is 25.7 Å². The largest absolute Gasteiger partial charge is 0.490 e. The zero-order valence-electron chi connectivity index (χ0n) is 18.3. The average molecular weight is 440 g/mol. The SMILES string of the molecule is CC(C)(C)C1CCC(Oc2ccc3cc(C(N)(CO)CO)ccc3c2C(F)(F)F)CC1. The van der Waals surface area contributed by atoms with Gasteiger partial charge >= 0.3 is 6.18 Å². The highest BCUT2D eigenvalue weighted by Crippen LogP contribution is 2.44. The molecule has 0 aliphatic heterocycles. The highest BCUT2D eigenvalue weighted by atomic mass is 19.4. The summed E-state index contributed by atoms with van der Waals surface area (Å²) in [5.41, 5.74) is 4.31. The minimum atomic E-state index is -4.59. The third-order valence-corrected chi connectivity index (χ3v) is 6.60. The van der Waals surface area contributed by atoms with Crippen molar-refractivity contribution in [1.29, 1.82) is 0 Å². The van der Waals surface area contributed by atoms with Gasteiger partial charge in [0.2, 0.25) is 0 Å². The van der Waals surface area contributed by atoms with Gasteiger partial charge in [-0.15, -0.1) is 0 Å². The molecule has 0 spiro atoms. The molecule has 4 nitrogen and oxygen atoms in total. The van der Waals surface area contributed by atoms with E-state index in [4.69, 9.17) is 10.5 Å². The summed E-state index contributed by atoms with van der Waals surface area (Å²) in [6, 6.07) is 7.17. The lowest BCUT2D eigenvalue weighted by Gasteiger charge is -2.37. The fourth-order valence-corrected chi connectivity index (χ4v) is 4.47. The van der Waals surface area contributed by atoms with E-state index in [0.29, 0.717) is 16.9 Å². The second kappa shape index (κ2) is 8.60. The van der Waals surface area contributed by atoms with E-state index in [9.17, 15) is 23.4 Å². The Morgan fingerprint density at radius 2 is 1.58 bits per heavy atom. The van der Waals surface area contributed by atoms with E-state index in [1.54, 1.807) is 6.07 Å². The monoisotopic (exact) mass is 439 g/mol. The number of rotatable bonds is 5. The molecule has 0 saturated heterocycles. The normalized spacial score (nSPS) is 20.8. The van der Waals surface area contributed by atoms with Crippen LogP contribution in [-0.4, -0.2) is 29.5 Å². The van der Waals surface area contributed by atoms with Gasteiger partial charge in [0.05, 0.1) is 24.9 Å². The van der Waals surface area contributed by atoms with E-state index < -0.39 is 30.5 Å². The number of aliphatic hydroxyl groups is 2. The number of hydrogen-bond donors (Lipinski definition) is 3. The summed E-state index contributed by atoms with van der Waals surface area (Å²) in [6.45, 7) is 5.53. The van der Waals surface area contributed by atoms with Crippen molar-refractivity contribution in [3.05, 3.63) is 41.5 Å². The predicted molar refractivity (Wildman–Crippen MR) is 115 cm³/mol. The third-order valence-electron chi connectivity index (χ3n) is 6.60. The molecule has 0 radical (unpaired) electrons. The van der Waals surface area contributed by atoms with E-state index in [-0.39, 0.29) is 22.7 Å². The van der Waals surface area contributed by atoms with Gasteiger partial charge in [-0.2, -0.15) is 13.2 Å². The molecule has 1 aliphatic carbocycles. The Balaban J connectivity index is 1.94. The first kappa shape index (κ1) is 23.8. The number of benzene rings is 2. The zero-order valence-corrected chi connectivity index (χ0v) is 18.3. The van der Waals surface area contributed by atoms with Gasteiger partial charge in [0.15, 0.2) is 0 Å². The molecule has 2 aromatic carbocycles. The molecule has 0 bridgehead atoms. The number of nitrogens with two attached hydrogens (primary N) is 1. The maximum Gasteiger partial charge on any atom is 0.420 e. The first-order valence-corrected chi connectivity index (χ1v) is 10.7. The molecule has 172 valence electrons. The summed E-state index contributed by atoms with van der Waals surface area (Å²) in [6.07, 6.45) is -1.48. The number of hydrogen-bond acceptors (Lipinski definition) is 4. The topological polar surface area (TPSA) is 75.7 Å². The van der Waals surface area contributed by atoms with E-state index in [1.807, 2.05) is 0 Å². The number of alkyl halides is 3. The maximum absolute atomic E-state index is 14.0. The van der Waals surface area contributed by atoms with Crippen LogP contribution in [0, 0.1) is 11.3 Å². The van der Waals surface area contributed by atoms with Crippen LogP contribution in [0.5, 0.6) is 5.75 Å². The van der Waals surface area contributed by atoms with Gasteiger partial charge in [-0.3, -0.25) is 0 Å². The summed E-state index contributed by atoms with van der Waals surface area (Å²) in [5.74, 6) is 0.384. The minimum absolute atomic E-state index is 0.00959. The maximum atomic E-state index is 14.0. The number of ether oxygens (including phenoxy) is 1. The van der Waals surface area contributed by atoms with Crippen molar-refractivity contribution in [3.63, 3.8) is 0 Å². The highest BCUT2D eigenvalue weighted by Gasteiger charge is 2.38. The van der Waals surface area contributed by atoms with Crippen molar-refractivity contribution in [3.8, 4) is 5.75 Å². The Kier molecular flexibility index (Phi) is 6.61. The van der Waals surface area contributed by atoms with Crippen molar-refractivity contribution in [2.75, 3.05) is 13.2 Å². The van der Waals surface area contributed by atoms with Gasteiger partial charge in [0.25, 0.3) is 0 Å². The Bertz CT molecular complexity index is 909. The molecule has 0 atom stereocenters. The van der Waals surface area contributed by atoms with Crippen molar-refractivity contribution in [1.82, 2.24) is 0 Å². The van der Waals surface area contributed by atoms with Crippen molar-refractivity contribution < 1.29 is 28.1 Å². The second-order valence-electron chi connectivity index (χ2n) is 9.80. The molecule has 0 unspecified atom stereocenters. The quantitative estimate of drug-likeness (QED) is 0.614. The van der Waals surface area contributed by atoms with Crippen molar-refractivity contribution in [2.24, 2.45) is 17.1 Å². The molecule has 0 heterocycles. The van der Waals surface area contributed by atoms with Gasteiger partial charge in [-0.25, -0.2) is 0 Å². The van der Waals surface area contributed by atoms with Crippen molar-refractivity contribution in [2.45, 2.75) is 64.3 Å². The molecule has 3 rings (SSSR count). The summed E-state index contributed by atoms with van der Waals surface area (Å²) in [5, 5.41) is 19.3. The lowest BCUT2D eigenvalue weighted by atomic mass is 9.72. The number of aliphatic hydroxyl groups excluding tert-OH is 2. The van der Waals surface area contributed by atoms with Crippen LogP contribution in [0.25, 0.3) is 10.8 Å². The van der Waals surface area contributed by atoms with Crippen molar-refractivity contribution >= 4 is 10.8 Å². The molecule has 1 saturated carbocycles. The summed E-state index contributed by atoms with van der Waals surface area (Å²) < 4.78 is 48.0. The predicted octanol–water partition coefficient (Wildman–Crippen LogP) is 4.98. The Hall–Kier alpha value is -1.83. The van der Waals surface area contributed by atoms with E-state index in [2.05, 4.69) is 20.8 Å². The standard InChI is InChI=1S/C24H32F3NO3/c1-22(2,3)16-5-8-18(9-6-16)31-20-11-4-15-12-17(23(28,13-29)14-30)7-10-19(15)21(20)24(25,26)27/h4,7,10-12,16,18,29-30H,5-6,8-9,13-14,28H2,1-3H3. The van der Waals surface area contributed by atoms with Crippen LogP contribution in [-0.2, 0) is 11.7 Å². The fourth-order valence-electron chi connectivity index (χ4n) is 4.47. The van der Waals surface area contributed by atoms with E-state index >= 15 is 0 Å². The number of halogens is 3. The first-order chi connectivity index (χ1) is 14.4. The summed E-state index contributed by atoms with van der Waals surface area (Å²) in [4.78, 5) is 0. The molecule has 31 heavy (non-hydrogen) atoms. The molecule has 7 heteroatoms. The minimum Gasteiger partial charge on any atom is -0.490 e. The third kappa shape index (κ3) is 4.99. The van der Waals surface area contributed by atoms with Crippen LogP contribution in [0.1, 0.15) is 57.6 Å². The van der Waals surface area contributed by atoms with Gasteiger partial charge in [-0.1, -0.05) is 39.0 Å². The molecular weight excluding hydrogens is 407 g/mol. The molecule has 2 aromatic rings. The molecule has 0 amide bonds. The summed E-state index contributed by atoms with van der Waals surface area (Å²) >= 11 is 0. The Labute approximate surface area is 181 Å². The Morgan fingerprint density at radius 3 is 2.10 bits per heavy atom. The highest BCUT2D eigenvalue weighted by molar-refractivity contribution is 5.89. The van der Waals surface area contributed by atoms with Gasteiger partial charge in [0.1, 0.15) is 11.3 Å². The van der Waals surface area contributed by atoms with Crippen LogP contribution in [0.3, 0.4) is 0 Å². The zero-order chi connectivity index (χ0) is 23.0. The second-order valence-corrected chi connectivity index (χ2v) is 9.80. The van der Waals surface area contributed by atoms with Crippen LogP contribution in [0.15, 0.2) is 30.3 Å². The van der Waals surface area contributed by atoms with Crippen LogP contribution in [0.4, 0.5) is 13.2 Å². The Morgan fingerprint density at radius 1 is 0.968 bits per heavy atom. The summed E-state index contributed by atoms with van der Waals surface area (Å²) in [7, 11) is 0. The van der Waals surface area contributed by atoms with Gasteiger partial charge in [-0.05, 0) is 65.5 Å². The van der Waals surface area contributed by atoms with Crippen LogP contribution in [0.2, 0.25) is 0 Å². The molecule has 4 N–H and O–H groups in total. The van der Waals surface area contributed by atoms with Gasteiger partial charge < -0.3 is 20.7 Å². The average Bonchev–Trinajstić information content (AvgIpc) is 2.71. The molecular formula is C24H32F3NO3. The smallest absolute Gasteiger partial charge is 0.420 e. The number of fused-ring (bicyclic) bond motifs is 1.